The summed E-state index contributed by atoms with van der Waals surface area (Å²) in [6.07, 6.45) is 5.79. The van der Waals surface area contributed by atoms with Gasteiger partial charge in [-0.3, -0.25) is 4.79 Å². The van der Waals surface area contributed by atoms with Crippen molar-refractivity contribution in [3.63, 3.8) is 0 Å². The third-order valence-corrected chi connectivity index (χ3v) is 5.40. The number of nitrogens with zero attached hydrogens (tertiary/aromatic N) is 2. The Morgan fingerprint density at radius 3 is 2.69 bits per heavy atom. The summed E-state index contributed by atoms with van der Waals surface area (Å²) in [5.41, 5.74) is 6.73. The highest BCUT2D eigenvalue weighted by molar-refractivity contribution is 5.92. The zero-order chi connectivity index (χ0) is 20.4. The van der Waals surface area contributed by atoms with Crippen LogP contribution in [0.4, 0.5) is 0 Å². The average Bonchev–Trinajstić information content (AvgIpc) is 3.31. The van der Waals surface area contributed by atoms with E-state index < -0.39 is 0 Å². The number of carbonyl (C=O) groups excluding carboxylic acids is 1. The first-order chi connectivity index (χ1) is 14.0. The summed E-state index contributed by atoms with van der Waals surface area (Å²) in [6.45, 7) is 6.87. The van der Waals surface area contributed by atoms with Crippen molar-refractivity contribution in [2.45, 2.75) is 39.8 Å². The molecule has 1 unspecified atom stereocenters. The van der Waals surface area contributed by atoms with Gasteiger partial charge in [0.2, 0.25) is 5.91 Å². The average molecular weight is 386 g/mol. The van der Waals surface area contributed by atoms with Gasteiger partial charge >= 0.3 is 0 Å². The van der Waals surface area contributed by atoms with Gasteiger partial charge in [-0.25, -0.2) is 4.98 Å². The van der Waals surface area contributed by atoms with Gasteiger partial charge in [-0.1, -0.05) is 42.0 Å². The molecule has 5 nitrogen and oxygen atoms in total. The van der Waals surface area contributed by atoms with E-state index in [9.17, 15) is 4.79 Å². The number of H-pyrrole nitrogens is 1. The molecule has 2 aromatic carbocycles. The quantitative estimate of drug-likeness (QED) is 0.516. The van der Waals surface area contributed by atoms with Crippen LogP contribution in [0.2, 0.25) is 0 Å². The number of imidazole rings is 1. The second-order valence-corrected chi connectivity index (χ2v) is 7.70. The third-order valence-electron chi connectivity index (χ3n) is 5.40. The van der Waals surface area contributed by atoms with Crippen LogP contribution in [0.1, 0.15) is 34.0 Å². The zero-order valence-corrected chi connectivity index (χ0v) is 17.1. The lowest BCUT2D eigenvalue weighted by Crippen LogP contribution is -2.32. The molecule has 0 aliphatic heterocycles. The van der Waals surface area contributed by atoms with Gasteiger partial charge in [-0.05, 0) is 43.5 Å². The van der Waals surface area contributed by atoms with Gasteiger partial charge in [-0.15, -0.1) is 0 Å². The molecule has 0 saturated carbocycles. The topological polar surface area (TPSA) is 62.7 Å². The van der Waals surface area contributed by atoms with E-state index >= 15 is 0 Å². The Balaban J connectivity index is 1.59. The van der Waals surface area contributed by atoms with E-state index in [1.54, 1.807) is 12.5 Å². The minimum absolute atomic E-state index is 0.0159. The molecule has 0 saturated heterocycles. The highest BCUT2D eigenvalue weighted by atomic mass is 16.1. The lowest BCUT2D eigenvalue weighted by atomic mass is 10.0. The van der Waals surface area contributed by atoms with Crippen LogP contribution in [0, 0.1) is 20.8 Å². The number of hydrogen-bond acceptors (Lipinski definition) is 2. The summed E-state index contributed by atoms with van der Waals surface area (Å²) in [4.78, 5) is 20.6. The van der Waals surface area contributed by atoms with E-state index in [1.165, 1.54) is 11.1 Å². The van der Waals surface area contributed by atoms with E-state index in [2.05, 4.69) is 41.3 Å². The Bertz CT molecular complexity index is 1130. The summed E-state index contributed by atoms with van der Waals surface area (Å²) >= 11 is 0. The second-order valence-electron chi connectivity index (χ2n) is 7.70. The molecule has 29 heavy (non-hydrogen) atoms. The fourth-order valence-electron chi connectivity index (χ4n) is 4.00. The molecule has 0 aliphatic rings. The summed E-state index contributed by atoms with van der Waals surface area (Å²) in [6, 6.07) is 14.3. The first-order valence-corrected chi connectivity index (χ1v) is 9.89. The molecule has 4 aromatic rings. The minimum atomic E-state index is -0.119. The molecule has 1 atom stereocenters. The van der Waals surface area contributed by atoms with Crippen molar-refractivity contribution in [1.82, 2.24) is 19.9 Å². The van der Waals surface area contributed by atoms with Crippen LogP contribution in [0.25, 0.3) is 10.9 Å². The van der Waals surface area contributed by atoms with Crippen LogP contribution in [0.3, 0.4) is 0 Å². The van der Waals surface area contributed by atoms with Crippen molar-refractivity contribution in [2.75, 3.05) is 0 Å². The number of aromatic nitrogens is 3. The van der Waals surface area contributed by atoms with E-state index in [-0.39, 0.29) is 11.9 Å². The molecule has 0 aliphatic carbocycles. The van der Waals surface area contributed by atoms with Crippen molar-refractivity contribution in [3.8, 4) is 0 Å². The fraction of sp³-hybridized carbons (Fsp3) is 0.250. The number of aryl methyl sites for hydroxylation is 3. The Morgan fingerprint density at radius 2 is 1.97 bits per heavy atom. The van der Waals surface area contributed by atoms with E-state index in [4.69, 9.17) is 0 Å². The number of rotatable bonds is 6. The Hall–Kier alpha value is -3.34. The molecule has 2 aromatic heterocycles. The van der Waals surface area contributed by atoms with Crippen molar-refractivity contribution in [3.05, 3.63) is 89.1 Å². The number of nitrogens with one attached hydrogen (secondary N) is 2. The molecule has 2 heterocycles. The maximum Gasteiger partial charge on any atom is 0.225 e. The highest BCUT2D eigenvalue weighted by Crippen LogP contribution is 2.27. The first kappa shape index (κ1) is 19.0. The molecule has 0 spiro atoms. The van der Waals surface area contributed by atoms with Crippen LogP contribution in [0.15, 0.2) is 61.2 Å². The van der Waals surface area contributed by atoms with Gasteiger partial charge in [0.15, 0.2) is 0 Å². The standard InChI is InChI=1S/C24H26N4O/c1-16-11-17(2)24-21(12-16)20(18(3)26-24)13-23(29)27-22(14-28-10-9-25-15-28)19-7-5-4-6-8-19/h4-12,15,22,26H,13-14H2,1-3H3,(H,27,29). The number of fused-ring (bicyclic) bond motifs is 1. The van der Waals surface area contributed by atoms with Gasteiger partial charge in [-0.2, -0.15) is 0 Å². The molecule has 1 amide bonds. The molecule has 0 radical (unpaired) electrons. The molecule has 0 fully saturated rings. The number of carbonyl (C=O) groups is 1. The van der Waals surface area contributed by atoms with Crippen LogP contribution in [-0.4, -0.2) is 20.4 Å². The van der Waals surface area contributed by atoms with Gasteiger partial charge < -0.3 is 14.9 Å². The Labute approximate surface area is 170 Å². The summed E-state index contributed by atoms with van der Waals surface area (Å²) < 4.78 is 1.99. The van der Waals surface area contributed by atoms with Gasteiger partial charge in [0.1, 0.15) is 0 Å². The minimum Gasteiger partial charge on any atom is -0.358 e. The van der Waals surface area contributed by atoms with Crippen molar-refractivity contribution >= 4 is 16.8 Å². The van der Waals surface area contributed by atoms with E-state index in [1.807, 2.05) is 48.0 Å². The van der Waals surface area contributed by atoms with Crippen molar-refractivity contribution < 1.29 is 4.79 Å². The number of benzene rings is 2. The third kappa shape index (κ3) is 4.09. The lowest BCUT2D eigenvalue weighted by Gasteiger charge is -2.20. The van der Waals surface area contributed by atoms with Gasteiger partial charge in [0, 0.05) is 35.5 Å². The summed E-state index contributed by atoms with van der Waals surface area (Å²) in [7, 11) is 0. The molecule has 4 rings (SSSR count). The number of aromatic amines is 1. The highest BCUT2D eigenvalue weighted by Gasteiger charge is 2.18. The maximum absolute atomic E-state index is 13.0. The largest absolute Gasteiger partial charge is 0.358 e. The smallest absolute Gasteiger partial charge is 0.225 e. The van der Waals surface area contributed by atoms with E-state index in [0.29, 0.717) is 13.0 Å². The van der Waals surface area contributed by atoms with Crippen LogP contribution in [-0.2, 0) is 17.8 Å². The number of amides is 1. The molecular weight excluding hydrogens is 360 g/mol. The monoisotopic (exact) mass is 386 g/mol. The predicted octanol–water partition coefficient (Wildman–Crippen LogP) is 4.39. The van der Waals surface area contributed by atoms with Crippen LogP contribution >= 0.6 is 0 Å². The summed E-state index contributed by atoms with van der Waals surface area (Å²) in [5.74, 6) is 0.0159. The van der Waals surface area contributed by atoms with Crippen LogP contribution < -0.4 is 5.32 Å². The lowest BCUT2D eigenvalue weighted by molar-refractivity contribution is -0.121. The first-order valence-electron chi connectivity index (χ1n) is 9.89. The molecule has 5 heteroatoms. The molecule has 2 N–H and O–H groups in total. The zero-order valence-electron chi connectivity index (χ0n) is 17.1. The van der Waals surface area contributed by atoms with E-state index in [0.717, 1.165) is 27.7 Å². The molecule has 0 bridgehead atoms. The second kappa shape index (κ2) is 7.95. The van der Waals surface area contributed by atoms with Crippen molar-refractivity contribution in [1.29, 1.82) is 0 Å². The summed E-state index contributed by atoms with van der Waals surface area (Å²) in [5, 5.41) is 4.37. The van der Waals surface area contributed by atoms with Gasteiger partial charge in [0.05, 0.1) is 18.8 Å². The maximum atomic E-state index is 13.0. The van der Waals surface area contributed by atoms with Crippen LogP contribution in [0.5, 0.6) is 0 Å². The SMILES string of the molecule is Cc1cc(C)c2[nH]c(C)c(CC(=O)NC(Cn3ccnc3)c3ccccc3)c2c1. The normalized spacial score (nSPS) is 12.2. The van der Waals surface area contributed by atoms with Crippen molar-refractivity contribution in [2.24, 2.45) is 0 Å². The Kier molecular flexibility index (Phi) is 5.21. The van der Waals surface area contributed by atoms with Gasteiger partial charge in [0.25, 0.3) is 0 Å². The predicted molar refractivity (Wildman–Crippen MR) is 116 cm³/mol. The Morgan fingerprint density at radius 1 is 1.17 bits per heavy atom. The fourth-order valence-corrected chi connectivity index (χ4v) is 4.00. The molecule has 148 valence electrons. The number of hydrogen-bond donors (Lipinski definition) is 2. The molecular formula is C24H26N4O.